The summed E-state index contributed by atoms with van der Waals surface area (Å²) in [5, 5.41) is 4.72. The average molecular weight is 277 g/mol. The molecule has 0 spiro atoms. The maximum Gasteiger partial charge on any atom is 0.211 e. The Balaban J connectivity index is 2.68. The number of halogens is 1. The van der Waals surface area contributed by atoms with Crippen LogP contribution in [0.2, 0.25) is 5.02 Å². The fourth-order valence-electron chi connectivity index (χ4n) is 1.77. The normalized spacial score (nSPS) is 10.5. The number of aryl methyl sites for hydroxylation is 2. The molecule has 0 bridgehead atoms. The molecule has 0 radical (unpaired) electrons. The number of carbonyl (C=O) groups excluding carboxylic acids is 1. The molecular formula is C14H13ClN2O2. The highest BCUT2D eigenvalue weighted by molar-refractivity contribution is 6.31. The van der Waals surface area contributed by atoms with Gasteiger partial charge in [-0.1, -0.05) is 17.7 Å². The van der Waals surface area contributed by atoms with E-state index in [-0.39, 0.29) is 16.9 Å². The van der Waals surface area contributed by atoms with Gasteiger partial charge in [0.15, 0.2) is 11.5 Å². The van der Waals surface area contributed by atoms with Gasteiger partial charge < -0.3 is 0 Å². The molecule has 0 saturated heterocycles. The number of hydrogen-bond acceptors (Lipinski definition) is 3. The van der Waals surface area contributed by atoms with Gasteiger partial charge in [-0.15, -0.1) is 0 Å². The predicted molar refractivity (Wildman–Crippen MR) is 74.3 cm³/mol. The molecule has 1 heterocycles. The number of nitrogens with zero attached hydrogens (tertiary/aromatic N) is 2. The van der Waals surface area contributed by atoms with Gasteiger partial charge in [-0.25, -0.2) is 4.68 Å². The number of benzene rings is 1. The van der Waals surface area contributed by atoms with Crippen LogP contribution in [-0.2, 0) is 0 Å². The van der Waals surface area contributed by atoms with Gasteiger partial charge in [0.1, 0.15) is 0 Å². The topological polar surface area (TPSA) is 52.0 Å². The molecule has 0 aliphatic heterocycles. The van der Waals surface area contributed by atoms with Crippen LogP contribution < -0.4 is 5.43 Å². The molecule has 5 heteroatoms. The lowest BCUT2D eigenvalue weighted by atomic mass is 10.2. The van der Waals surface area contributed by atoms with Crippen molar-refractivity contribution in [2.24, 2.45) is 0 Å². The summed E-state index contributed by atoms with van der Waals surface area (Å²) in [6, 6.07) is 6.86. The summed E-state index contributed by atoms with van der Waals surface area (Å²) in [6.07, 6.45) is 0. The molecule has 0 N–H and O–H groups in total. The fourth-order valence-corrected chi connectivity index (χ4v) is 1.94. The van der Waals surface area contributed by atoms with Crippen molar-refractivity contribution < 1.29 is 4.79 Å². The molecule has 0 fully saturated rings. The average Bonchev–Trinajstić information content (AvgIpc) is 2.32. The maximum absolute atomic E-state index is 11.7. The van der Waals surface area contributed by atoms with Gasteiger partial charge in [-0.2, -0.15) is 5.10 Å². The molecule has 2 rings (SSSR count). The highest BCUT2D eigenvalue weighted by atomic mass is 35.5. The molecule has 0 aliphatic carbocycles. The first-order valence-corrected chi connectivity index (χ1v) is 6.16. The van der Waals surface area contributed by atoms with Crippen LogP contribution in [0.25, 0.3) is 5.69 Å². The number of aromatic nitrogens is 2. The maximum atomic E-state index is 11.7. The summed E-state index contributed by atoms with van der Waals surface area (Å²) in [6.45, 7) is 4.98. The van der Waals surface area contributed by atoms with E-state index >= 15 is 0 Å². The van der Waals surface area contributed by atoms with Crippen molar-refractivity contribution in [3.63, 3.8) is 0 Å². The molecule has 19 heavy (non-hydrogen) atoms. The Hall–Kier alpha value is -1.94. The molecule has 2 aromatic rings. The first-order valence-electron chi connectivity index (χ1n) is 5.78. The predicted octanol–water partition coefficient (Wildman–Crippen LogP) is 2.71. The Morgan fingerprint density at radius 1 is 1.26 bits per heavy atom. The highest BCUT2D eigenvalue weighted by Crippen LogP contribution is 2.19. The Kier molecular flexibility index (Phi) is 3.53. The van der Waals surface area contributed by atoms with Crippen molar-refractivity contribution in [1.82, 2.24) is 9.78 Å². The standard InChI is InChI=1S/C14H13ClN2O2/c1-8-4-5-11(7-12(8)15)17-9(2)6-13(19)14(16-17)10(3)18/h4-7H,1-3H3. The monoisotopic (exact) mass is 276 g/mol. The van der Waals surface area contributed by atoms with Gasteiger partial charge in [-0.05, 0) is 31.5 Å². The zero-order chi connectivity index (χ0) is 14.2. The lowest BCUT2D eigenvalue weighted by Gasteiger charge is -2.11. The number of ketones is 1. The van der Waals surface area contributed by atoms with Gasteiger partial charge in [0.2, 0.25) is 5.43 Å². The third-order valence-corrected chi connectivity index (χ3v) is 3.25. The number of hydrogen-bond donors (Lipinski definition) is 0. The lowest BCUT2D eigenvalue weighted by Crippen LogP contribution is -2.21. The van der Waals surface area contributed by atoms with Crippen molar-refractivity contribution >= 4 is 17.4 Å². The van der Waals surface area contributed by atoms with Crippen molar-refractivity contribution in [3.8, 4) is 5.69 Å². The van der Waals surface area contributed by atoms with E-state index in [4.69, 9.17) is 11.6 Å². The third-order valence-electron chi connectivity index (χ3n) is 2.84. The highest BCUT2D eigenvalue weighted by Gasteiger charge is 2.11. The van der Waals surface area contributed by atoms with Gasteiger partial charge in [0.25, 0.3) is 0 Å². The van der Waals surface area contributed by atoms with E-state index in [0.717, 1.165) is 11.3 Å². The van der Waals surface area contributed by atoms with Crippen LogP contribution in [0.15, 0.2) is 29.1 Å². The fraction of sp³-hybridized carbons (Fsp3) is 0.214. The zero-order valence-corrected chi connectivity index (χ0v) is 11.7. The second-order valence-corrected chi connectivity index (χ2v) is 4.81. The SMILES string of the molecule is CC(=O)c1nn(-c2ccc(C)c(Cl)c2)c(C)cc1=O. The molecule has 98 valence electrons. The number of Topliss-reactive ketones (excluding diaryl/α,β-unsaturated/α-hetero) is 1. The largest absolute Gasteiger partial charge is 0.293 e. The second-order valence-electron chi connectivity index (χ2n) is 4.40. The molecule has 0 unspecified atom stereocenters. The van der Waals surface area contributed by atoms with E-state index < -0.39 is 0 Å². The first-order chi connectivity index (χ1) is 8.90. The van der Waals surface area contributed by atoms with Gasteiger partial charge in [0.05, 0.1) is 5.69 Å². The summed E-state index contributed by atoms with van der Waals surface area (Å²) < 4.78 is 1.55. The van der Waals surface area contributed by atoms with Crippen LogP contribution in [0.5, 0.6) is 0 Å². The molecule has 1 aromatic carbocycles. The van der Waals surface area contributed by atoms with Crippen molar-refractivity contribution in [3.05, 3.63) is 56.5 Å². The Bertz CT molecular complexity index is 720. The van der Waals surface area contributed by atoms with E-state index in [1.54, 1.807) is 17.7 Å². The molecule has 0 saturated carbocycles. The zero-order valence-electron chi connectivity index (χ0n) is 10.9. The van der Waals surface area contributed by atoms with Crippen LogP contribution in [0.4, 0.5) is 0 Å². The Morgan fingerprint density at radius 3 is 2.53 bits per heavy atom. The lowest BCUT2D eigenvalue weighted by molar-refractivity contribution is 0.101. The summed E-state index contributed by atoms with van der Waals surface area (Å²) in [4.78, 5) is 23.0. The smallest absolute Gasteiger partial charge is 0.211 e. The van der Waals surface area contributed by atoms with Crippen LogP contribution >= 0.6 is 11.6 Å². The first kappa shape index (κ1) is 13.5. The van der Waals surface area contributed by atoms with E-state index in [1.165, 1.54) is 13.0 Å². The minimum Gasteiger partial charge on any atom is -0.293 e. The van der Waals surface area contributed by atoms with E-state index in [2.05, 4.69) is 5.10 Å². The molecule has 4 nitrogen and oxygen atoms in total. The third kappa shape index (κ3) is 2.58. The Labute approximate surface area is 115 Å². The quantitative estimate of drug-likeness (QED) is 0.793. The molecular weight excluding hydrogens is 264 g/mol. The van der Waals surface area contributed by atoms with Crippen molar-refractivity contribution in [1.29, 1.82) is 0 Å². The van der Waals surface area contributed by atoms with Gasteiger partial charge in [0, 0.05) is 23.7 Å². The molecule has 0 atom stereocenters. The second kappa shape index (κ2) is 4.97. The summed E-state index contributed by atoms with van der Waals surface area (Å²) in [5.74, 6) is -0.350. The molecule has 0 amide bonds. The van der Waals surface area contributed by atoms with Gasteiger partial charge in [-0.3, -0.25) is 9.59 Å². The summed E-state index contributed by atoms with van der Waals surface area (Å²) >= 11 is 6.08. The van der Waals surface area contributed by atoms with Crippen molar-refractivity contribution in [2.75, 3.05) is 0 Å². The number of carbonyl (C=O) groups is 1. The van der Waals surface area contributed by atoms with E-state index in [1.807, 2.05) is 19.1 Å². The minimum atomic E-state index is -0.362. The van der Waals surface area contributed by atoms with E-state index in [9.17, 15) is 9.59 Å². The van der Waals surface area contributed by atoms with Crippen molar-refractivity contribution in [2.45, 2.75) is 20.8 Å². The van der Waals surface area contributed by atoms with Crippen LogP contribution in [0.1, 0.15) is 28.7 Å². The minimum absolute atomic E-state index is 0.0673. The molecule has 1 aromatic heterocycles. The van der Waals surface area contributed by atoms with Gasteiger partial charge >= 0.3 is 0 Å². The summed E-state index contributed by atoms with van der Waals surface area (Å²) in [7, 11) is 0. The van der Waals surface area contributed by atoms with E-state index in [0.29, 0.717) is 10.7 Å². The summed E-state index contributed by atoms with van der Waals surface area (Å²) in [5.41, 5.74) is 1.89. The van der Waals surface area contributed by atoms with Crippen LogP contribution in [0, 0.1) is 13.8 Å². The Morgan fingerprint density at radius 2 is 1.95 bits per heavy atom. The van der Waals surface area contributed by atoms with Crippen LogP contribution in [-0.4, -0.2) is 15.6 Å². The number of rotatable bonds is 2. The van der Waals surface area contributed by atoms with Crippen LogP contribution in [0.3, 0.4) is 0 Å². The molecule has 0 aliphatic rings.